The third kappa shape index (κ3) is 4.02. The van der Waals surface area contributed by atoms with Gasteiger partial charge >= 0.3 is 5.76 Å². The molecule has 2 aromatic heterocycles. The van der Waals surface area contributed by atoms with Crippen LogP contribution >= 0.6 is 15.9 Å². The Bertz CT molecular complexity index is 1220. The number of hydrogen-bond donors (Lipinski definition) is 1. The predicted octanol–water partition coefficient (Wildman–Crippen LogP) is 1.61. The molecule has 1 N–H and O–H groups in total. The van der Waals surface area contributed by atoms with Gasteiger partial charge in [-0.1, -0.05) is 5.16 Å². The molecule has 4 rings (SSSR count). The smallest absolute Gasteiger partial charge is 0.365 e. The number of aromatic nitrogens is 4. The molecular formula is C16H16BrFN6O5S. The molecule has 3 aromatic rings. The van der Waals surface area contributed by atoms with E-state index in [9.17, 15) is 17.6 Å². The number of hydrogen-bond acceptors (Lipinski definition) is 9. The molecule has 0 radical (unpaired) electrons. The molecule has 1 aliphatic heterocycles. The van der Waals surface area contributed by atoms with E-state index >= 15 is 0 Å². The normalized spacial score (nSPS) is 16.2. The lowest BCUT2D eigenvalue weighted by Crippen LogP contribution is -2.28. The lowest BCUT2D eigenvalue weighted by atomic mass is 10.3. The molecule has 1 fully saturated rings. The second-order valence-electron chi connectivity index (χ2n) is 6.52. The van der Waals surface area contributed by atoms with Crippen molar-refractivity contribution >= 4 is 31.8 Å². The monoisotopic (exact) mass is 502 g/mol. The van der Waals surface area contributed by atoms with Gasteiger partial charge in [0.15, 0.2) is 5.69 Å². The average Bonchev–Trinajstić information content (AvgIpc) is 3.40. The Hall–Kier alpha value is -2.58. The van der Waals surface area contributed by atoms with Crippen molar-refractivity contribution in [3.05, 3.63) is 39.0 Å². The zero-order valence-corrected chi connectivity index (χ0v) is 17.8. The second-order valence-corrected chi connectivity index (χ2v) is 9.46. The van der Waals surface area contributed by atoms with Crippen LogP contribution in [0.4, 0.5) is 10.2 Å². The molecule has 0 bridgehead atoms. The molecule has 0 spiro atoms. The molecule has 3 heterocycles. The van der Waals surface area contributed by atoms with Crippen LogP contribution in [0.5, 0.6) is 0 Å². The van der Waals surface area contributed by atoms with Crippen molar-refractivity contribution in [3.8, 4) is 17.2 Å². The summed E-state index contributed by atoms with van der Waals surface area (Å²) in [7, 11) is -3.14. The van der Waals surface area contributed by atoms with Gasteiger partial charge in [0.1, 0.15) is 5.82 Å². The van der Waals surface area contributed by atoms with Crippen molar-refractivity contribution in [3.63, 3.8) is 0 Å². The molecule has 1 aromatic carbocycles. The molecule has 1 aliphatic rings. The topological polar surface area (TPSA) is 136 Å². The number of nitrogens with zero attached hydrogens (tertiary/aromatic N) is 5. The molecule has 0 amide bonds. The lowest BCUT2D eigenvalue weighted by molar-refractivity contribution is 0.309. The van der Waals surface area contributed by atoms with E-state index in [0.29, 0.717) is 38.2 Å². The van der Waals surface area contributed by atoms with Crippen LogP contribution < -0.4 is 11.1 Å². The maximum absolute atomic E-state index is 13.6. The Morgan fingerprint density at radius 2 is 2.10 bits per heavy atom. The lowest BCUT2D eigenvalue weighted by Gasteiger charge is -2.13. The summed E-state index contributed by atoms with van der Waals surface area (Å²) < 4.78 is 49.5. The molecular weight excluding hydrogens is 487 g/mol. The molecule has 14 heteroatoms. The van der Waals surface area contributed by atoms with Gasteiger partial charge in [-0.3, -0.25) is 4.52 Å². The van der Waals surface area contributed by atoms with Crippen LogP contribution in [-0.2, 0) is 10.0 Å². The number of anilines is 1. The van der Waals surface area contributed by atoms with Crippen LogP contribution in [0.15, 0.2) is 36.6 Å². The van der Waals surface area contributed by atoms with E-state index in [-0.39, 0.29) is 27.6 Å². The minimum Gasteiger partial charge on any atom is -0.365 e. The summed E-state index contributed by atoms with van der Waals surface area (Å²) >= 11 is 3.07. The number of sulfonamides is 1. The van der Waals surface area contributed by atoms with Crippen molar-refractivity contribution in [2.24, 2.45) is 0 Å². The first-order valence-corrected chi connectivity index (χ1v) is 11.4. The highest BCUT2D eigenvalue weighted by Crippen LogP contribution is 2.26. The van der Waals surface area contributed by atoms with Crippen molar-refractivity contribution in [2.75, 3.05) is 30.7 Å². The standard InChI is InChI=1S/C16H16BrFN6O5S/c17-11-9-10(3-4-12(11)18)24-15(22-28-16(24)25)13-14(21-29-20-13)19-5-1-6-23-7-2-8-30(23,26)27/h3-4,9H,1-2,5-8H2,(H,19,21). The largest absolute Gasteiger partial charge is 0.446 e. The van der Waals surface area contributed by atoms with Crippen molar-refractivity contribution < 1.29 is 22.0 Å². The van der Waals surface area contributed by atoms with Crippen LogP contribution in [-0.4, -0.2) is 58.1 Å². The Kier molecular flexibility index (Phi) is 5.71. The van der Waals surface area contributed by atoms with E-state index in [4.69, 9.17) is 9.15 Å². The van der Waals surface area contributed by atoms with Gasteiger partial charge in [0.25, 0.3) is 0 Å². The van der Waals surface area contributed by atoms with Gasteiger partial charge in [-0.05, 0) is 57.3 Å². The summed E-state index contributed by atoms with van der Waals surface area (Å²) in [6.07, 6.45) is 1.17. The number of nitrogens with one attached hydrogen (secondary N) is 1. The van der Waals surface area contributed by atoms with Gasteiger partial charge in [-0.15, -0.1) is 0 Å². The van der Waals surface area contributed by atoms with E-state index < -0.39 is 21.6 Å². The first-order chi connectivity index (χ1) is 14.4. The van der Waals surface area contributed by atoms with E-state index in [1.807, 2.05) is 0 Å². The Balaban J connectivity index is 1.51. The molecule has 0 atom stereocenters. The Morgan fingerprint density at radius 1 is 1.27 bits per heavy atom. The first kappa shape index (κ1) is 20.7. The maximum Gasteiger partial charge on any atom is 0.446 e. The Morgan fingerprint density at radius 3 is 2.83 bits per heavy atom. The van der Waals surface area contributed by atoms with Gasteiger partial charge in [0.2, 0.25) is 21.7 Å². The molecule has 0 saturated carbocycles. The fraction of sp³-hybridized carbons (Fsp3) is 0.375. The predicted molar refractivity (Wildman–Crippen MR) is 106 cm³/mol. The molecule has 30 heavy (non-hydrogen) atoms. The zero-order valence-electron chi connectivity index (χ0n) is 15.4. The Labute approximate surface area is 178 Å². The highest BCUT2D eigenvalue weighted by atomic mass is 79.9. The summed E-state index contributed by atoms with van der Waals surface area (Å²) in [4.78, 5) is 12.2. The highest BCUT2D eigenvalue weighted by Gasteiger charge is 2.27. The fourth-order valence-electron chi connectivity index (χ4n) is 3.11. The summed E-state index contributed by atoms with van der Waals surface area (Å²) in [5.74, 6) is -0.875. The van der Waals surface area contributed by atoms with E-state index in [1.165, 1.54) is 22.5 Å². The zero-order chi connectivity index (χ0) is 21.3. The van der Waals surface area contributed by atoms with Crippen LogP contribution in [0, 0.1) is 5.82 Å². The van der Waals surface area contributed by atoms with Crippen LogP contribution in [0.25, 0.3) is 17.2 Å². The van der Waals surface area contributed by atoms with Gasteiger partial charge < -0.3 is 5.32 Å². The molecule has 0 unspecified atom stereocenters. The summed E-state index contributed by atoms with van der Waals surface area (Å²) in [6, 6.07) is 3.98. The van der Waals surface area contributed by atoms with E-state index in [0.717, 1.165) is 4.57 Å². The van der Waals surface area contributed by atoms with Crippen molar-refractivity contribution in [1.29, 1.82) is 0 Å². The molecule has 11 nitrogen and oxygen atoms in total. The van der Waals surface area contributed by atoms with Crippen LogP contribution in [0.3, 0.4) is 0 Å². The third-order valence-electron chi connectivity index (χ3n) is 4.55. The van der Waals surface area contributed by atoms with Crippen molar-refractivity contribution in [2.45, 2.75) is 12.8 Å². The van der Waals surface area contributed by atoms with Gasteiger partial charge in [0.05, 0.1) is 15.9 Å². The number of benzene rings is 1. The van der Waals surface area contributed by atoms with Crippen LogP contribution in [0.1, 0.15) is 12.8 Å². The number of halogens is 2. The van der Waals surface area contributed by atoms with Crippen LogP contribution in [0.2, 0.25) is 0 Å². The van der Waals surface area contributed by atoms with Gasteiger partial charge in [0, 0.05) is 19.6 Å². The third-order valence-corrected chi connectivity index (χ3v) is 7.11. The van der Waals surface area contributed by atoms with Gasteiger partial charge in [-0.2, -0.15) is 0 Å². The van der Waals surface area contributed by atoms with Crippen molar-refractivity contribution in [1.82, 2.24) is 24.3 Å². The molecule has 0 aliphatic carbocycles. The van der Waals surface area contributed by atoms with E-state index in [2.05, 4.69) is 36.7 Å². The minimum absolute atomic E-state index is 0.0179. The summed E-state index contributed by atoms with van der Waals surface area (Å²) in [5, 5.41) is 14.3. The van der Waals surface area contributed by atoms with Gasteiger partial charge in [-0.25, -0.2) is 31.1 Å². The first-order valence-electron chi connectivity index (χ1n) is 8.95. The quantitative estimate of drug-likeness (QED) is 0.477. The minimum atomic E-state index is -3.14. The summed E-state index contributed by atoms with van der Waals surface area (Å²) in [5.41, 5.74) is 0.424. The second kappa shape index (κ2) is 8.28. The molecule has 160 valence electrons. The number of rotatable bonds is 7. The average molecular weight is 503 g/mol. The molecule has 1 saturated heterocycles. The summed E-state index contributed by atoms with van der Waals surface area (Å²) in [6.45, 7) is 1.29. The van der Waals surface area contributed by atoms with E-state index in [1.54, 1.807) is 0 Å². The fourth-order valence-corrected chi connectivity index (χ4v) is 5.04. The highest BCUT2D eigenvalue weighted by molar-refractivity contribution is 9.10. The maximum atomic E-state index is 13.6. The SMILES string of the molecule is O=c1onc(-c2nonc2NCCCN2CCCS2(=O)=O)n1-c1ccc(F)c(Br)c1.